The molecule has 0 N–H and O–H groups in total. The number of rotatable bonds is 0. The summed E-state index contributed by atoms with van der Waals surface area (Å²) in [6, 6.07) is 0. The molecule has 5 heteroatoms. The van der Waals surface area contributed by atoms with Gasteiger partial charge in [-0.1, -0.05) is 0 Å². The molecule has 34 valence electrons. The zero-order valence-corrected chi connectivity index (χ0v) is 9.46. The van der Waals surface area contributed by atoms with E-state index in [0.29, 0.717) is 0 Å². The molecule has 2 radical (unpaired) electrons. The fraction of sp³-hybridized carbons (Fsp3) is 0. The molecule has 0 aromatic carbocycles. The minimum absolute atomic E-state index is 0. The van der Waals surface area contributed by atoms with Crippen LogP contribution in [0.5, 0.6) is 0 Å². The maximum Gasteiger partial charge on any atom is 3.00 e. The van der Waals surface area contributed by atoms with Gasteiger partial charge in [0.15, 0.2) is 0 Å². The Bertz CT molecular complexity index is 4.85. The summed E-state index contributed by atoms with van der Waals surface area (Å²) in [6.07, 6.45) is 0. The summed E-state index contributed by atoms with van der Waals surface area (Å²) in [6.45, 7) is 0. The topological polar surface area (TPSA) is 0 Å². The van der Waals surface area contributed by atoms with Gasteiger partial charge in [-0.25, -0.2) is 0 Å². The van der Waals surface area contributed by atoms with Crippen molar-refractivity contribution in [3.63, 3.8) is 0 Å². The Morgan fingerprint density at radius 2 is 0.400 bits per heavy atom. The zero-order valence-electron chi connectivity index (χ0n) is 1.93. The molecule has 0 aromatic rings. The summed E-state index contributed by atoms with van der Waals surface area (Å²) in [5.41, 5.74) is 0. The van der Waals surface area contributed by atoms with Crippen LogP contribution in [-0.2, 0) is 80.1 Å². The molecule has 0 atom stereocenters. The van der Waals surface area contributed by atoms with E-state index >= 15 is 0 Å². The van der Waals surface area contributed by atoms with E-state index in [2.05, 4.69) is 0 Å². The van der Waals surface area contributed by atoms with E-state index in [4.69, 9.17) is 0 Å². The molecule has 0 spiro atoms. The smallest absolute Gasteiger partial charge is 2.00 e. The van der Waals surface area contributed by atoms with Crippen LogP contribution in [0.4, 0.5) is 0 Å². The van der Waals surface area contributed by atoms with E-state index in [1.807, 2.05) is 0 Å². The molecular formula is Os2S3. The van der Waals surface area contributed by atoms with Crippen LogP contribution in [0.3, 0.4) is 0 Å². The van der Waals surface area contributed by atoms with Gasteiger partial charge in [-0.2, -0.15) is 0 Å². The van der Waals surface area contributed by atoms with E-state index < -0.39 is 0 Å². The van der Waals surface area contributed by atoms with Crippen molar-refractivity contribution in [2.24, 2.45) is 0 Å². The van der Waals surface area contributed by atoms with Crippen molar-refractivity contribution in [1.29, 1.82) is 0 Å². The third-order valence-electron chi connectivity index (χ3n) is 0. The number of hydrogen-bond donors (Lipinski definition) is 0. The first-order chi connectivity index (χ1) is 0. The monoisotopic (exact) mass is 480 g/mol. The molecule has 0 aromatic heterocycles. The Morgan fingerprint density at radius 3 is 0.400 bits per heavy atom. The maximum absolute atomic E-state index is 0. The summed E-state index contributed by atoms with van der Waals surface area (Å²) in [7, 11) is 0. The SMILES string of the molecule is [Os+3].[Os+3].[S-2].[S-2].[S-2]. The van der Waals surface area contributed by atoms with Crippen LogP contribution in [0, 0.1) is 0 Å². The Hall–Kier alpha value is 2.32. The van der Waals surface area contributed by atoms with Crippen molar-refractivity contribution < 1.29 is 39.6 Å². The average molecular weight is 477 g/mol. The van der Waals surface area contributed by atoms with Crippen LogP contribution in [0.15, 0.2) is 0 Å². The summed E-state index contributed by atoms with van der Waals surface area (Å²) in [5.74, 6) is 0. The Morgan fingerprint density at radius 1 is 0.400 bits per heavy atom. The van der Waals surface area contributed by atoms with Gasteiger partial charge < -0.3 is 40.5 Å². The van der Waals surface area contributed by atoms with Gasteiger partial charge in [0.1, 0.15) is 0 Å². The van der Waals surface area contributed by atoms with Gasteiger partial charge in [0.2, 0.25) is 0 Å². The Kier molecular flexibility index (Phi) is 360. The molecule has 0 saturated carbocycles. The Balaban J connectivity index is 0. The van der Waals surface area contributed by atoms with Gasteiger partial charge in [0.05, 0.1) is 0 Å². The maximum atomic E-state index is 0. The van der Waals surface area contributed by atoms with Crippen LogP contribution in [0.25, 0.3) is 0 Å². The van der Waals surface area contributed by atoms with Gasteiger partial charge in [0.25, 0.3) is 0 Å². The summed E-state index contributed by atoms with van der Waals surface area (Å²) in [5, 5.41) is 0. The van der Waals surface area contributed by atoms with E-state index in [0.717, 1.165) is 0 Å². The van der Waals surface area contributed by atoms with Gasteiger partial charge in [-0.05, 0) is 0 Å². The molecule has 0 bridgehead atoms. The first kappa shape index (κ1) is 54.3. The molecule has 0 aliphatic carbocycles. The normalized spacial score (nSPS) is 0. The van der Waals surface area contributed by atoms with Gasteiger partial charge in [-0.15, -0.1) is 0 Å². The van der Waals surface area contributed by atoms with E-state index in [-0.39, 0.29) is 80.1 Å². The first-order valence-corrected chi connectivity index (χ1v) is 0. The van der Waals surface area contributed by atoms with Crippen molar-refractivity contribution in [1.82, 2.24) is 0 Å². The van der Waals surface area contributed by atoms with Crippen LogP contribution in [0.2, 0.25) is 0 Å². The molecule has 0 nitrogen and oxygen atoms in total. The van der Waals surface area contributed by atoms with Crippen molar-refractivity contribution in [2.75, 3.05) is 0 Å². The second-order valence-electron chi connectivity index (χ2n) is 0. The van der Waals surface area contributed by atoms with Gasteiger partial charge in [-0.3, -0.25) is 0 Å². The van der Waals surface area contributed by atoms with E-state index in [1.165, 1.54) is 0 Å². The summed E-state index contributed by atoms with van der Waals surface area (Å²) < 4.78 is 0. The third kappa shape index (κ3) is 21.9. The van der Waals surface area contributed by atoms with Crippen molar-refractivity contribution in [3.8, 4) is 0 Å². The van der Waals surface area contributed by atoms with Gasteiger partial charge in [0, 0.05) is 0 Å². The number of hydrogen-bond acceptors (Lipinski definition) is 0. The van der Waals surface area contributed by atoms with Crippen molar-refractivity contribution >= 4 is 40.5 Å². The standard InChI is InChI=1S/2Os.3S/q2*+3;3*-2. The van der Waals surface area contributed by atoms with Crippen molar-refractivity contribution in [2.45, 2.75) is 0 Å². The Labute approximate surface area is 79.3 Å². The van der Waals surface area contributed by atoms with Crippen LogP contribution in [0.1, 0.15) is 0 Å². The molecule has 0 aliphatic rings. The van der Waals surface area contributed by atoms with Gasteiger partial charge >= 0.3 is 39.6 Å². The second-order valence-corrected chi connectivity index (χ2v) is 0. The molecule has 5 heavy (non-hydrogen) atoms. The fourth-order valence-electron chi connectivity index (χ4n) is 0. The second kappa shape index (κ2) is 33.2. The van der Waals surface area contributed by atoms with E-state index in [1.54, 1.807) is 0 Å². The van der Waals surface area contributed by atoms with Crippen LogP contribution >= 0.6 is 0 Å². The average Bonchev–Trinajstić information content (AvgIpc) is 0. The first-order valence-electron chi connectivity index (χ1n) is 0. The molecule has 0 heterocycles. The fourth-order valence-corrected chi connectivity index (χ4v) is 0. The minimum Gasteiger partial charge on any atom is -2.00 e. The third-order valence-corrected chi connectivity index (χ3v) is 0. The minimum atomic E-state index is 0. The quantitative estimate of drug-likeness (QED) is 0.462. The molecule has 0 fully saturated rings. The molecule has 0 rings (SSSR count). The predicted molar refractivity (Wildman–Crippen MR) is 22.1 cm³/mol. The summed E-state index contributed by atoms with van der Waals surface area (Å²) in [4.78, 5) is 0. The molecule has 0 amide bonds. The summed E-state index contributed by atoms with van der Waals surface area (Å²) >= 11 is 0. The van der Waals surface area contributed by atoms with Crippen LogP contribution < -0.4 is 0 Å². The molecule has 0 aliphatic heterocycles. The molecule has 0 unspecified atom stereocenters. The van der Waals surface area contributed by atoms with Crippen LogP contribution in [-0.4, -0.2) is 0 Å². The molecule has 0 saturated heterocycles. The van der Waals surface area contributed by atoms with Crippen molar-refractivity contribution in [3.05, 3.63) is 0 Å². The molecular weight excluding hydrogens is 477 g/mol. The largest absolute Gasteiger partial charge is 3.00 e. The zero-order chi connectivity index (χ0) is 0. The van der Waals surface area contributed by atoms with E-state index in [9.17, 15) is 0 Å². The predicted octanol–water partition coefficient (Wildman–Crippen LogP) is -0.0122.